The van der Waals surface area contributed by atoms with Gasteiger partial charge in [-0.15, -0.1) is 0 Å². The number of aryl methyl sites for hydroxylation is 2. The summed E-state index contributed by atoms with van der Waals surface area (Å²) in [6.45, 7) is 1.29. The van der Waals surface area contributed by atoms with Crippen LogP contribution in [0.4, 0.5) is 0 Å². The molecule has 0 N–H and O–H groups in total. The van der Waals surface area contributed by atoms with E-state index in [1.807, 2.05) is 21.5 Å². The van der Waals surface area contributed by atoms with Gasteiger partial charge in [0.15, 0.2) is 0 Å². The second-order valence-electron chi connectivity index (χ2n) is 4.07. The van der Waals surface area contributed by atoms with E-state index in [2.05, 4.69) is 22.1 Å². The maximum absolute atomic E-state index is 8.62. The molecule has 0 fully saturated rings. The lowest BCUT2D eigenvalue weighted by atomic mass is 10.3. The summed E-state index contributed by atoms with van der Waals surface area (Å²) in [6.07, 6.45) is 8.74. The Balaban J connectivity index is 2.09. The van der Waals surface area contributed by atoms with Gasteiger partial charge < -0.3 is 9.13 Å². The Hall–Kier alpha value is -2.60. The first-order valence-corrected chi connectivity index (χ1v) is 6.09. The van der Waals surface area contributed by atoms with Gasteiger partial charge in [-0.25, -0.2) is 9.97 Å². The zero-order chi connectivity index (χ0) is 13.5. The van der Waals surface area contributed by atoms with Gasteiger partial charge in [0.25, 0.3) is 0 Å². The largest absolute Gasteiger partial charge is 0.334 e. The second-order valence-corrected chi connectivity index (χ2v) is 4.07. The molecule has 0 spiro atoms. The summed E-state index contributed by atoms with van der Waals surface area (Å²) in [4.78, 5) is 8.60. The first kappa shape index (κ1) is 12.8. The molecular weight excluding hydrogens is 240 g/mol. The van der Waals surface area contributed by atoms with E-state index in [1.165, 1.54) is 0 Å². The predicted octanol–water partition coefficient (Wildman–Crippen LogP) is 1.50. The summed E-state index contributed by atoms with van der Waals surface area (Å²) in [5.41, 5.74) is 0. The number of aromatic nitrogens is 4. The summed E-state index contributed by atoms with van der Waals surface area (Å²) >= 11 is 0. The van der Waals surface area contributed by atoms with Gasteiger partial charge in [-0.1, -0.05) is 0 Å². The third-order valence-corrected chi connectivity index (χ3v) is 2.85. The standard InChI is InChI=1S/C13H14N6/c14-3-1-7-18-9-5-16-12(18)11-13-17-6-10-19(13)8-2-4-15/h5-6,9-10H,1-2,7-8,11H2. The molecule has 0 aliphatic carbocycles. The van der Waals surface area contributed by atoms with Gasteiger partial charge in [0.05, 0.1) is 31.4 Å². The Labute approximate surface area is 111 Å². The molecule has 0 saturated carbocycles. The molecule has 0 saturated heterocycles. The van der Waals surface area contributed by atoms with Crippen molar-refractivity contribution >= 4 is 0 Å². The normalized spacial score (nSPS) is 10.0. The van der Waals surface area contributed by atoms with Crippen molar-refractivity contribution in [3.63, 3.8) is 0 Å². The average molecular weight is 254 g/mol. The predicted molar refractivity (Wildman–Crippen MR) is 67.7 cm³/mol. The molecule has 0 amide bonds. The van der Waals surface area contributed by atoms with Crippen molar-refractivity contribution in [3.8, 4) is 12.1 Å². The lowest BCUT2D eigenvalue weighted by Crippen LogP contribution is -2.09. The van der Waals surface area contributed by atoms with E-state index in [9.17, 15) is 0 Å². The Bertz CT molecular complexity index is 555. The lowest BCUT2D eigenvalue weighted by molar-refractivity contribution is 0.636. The summed E-state index contributed by atoms with van der Waals surface area (Å²) in [5, 5.41) is 17.2. The fraction of sp³-hybridized carbons (Fsp3) is 0.385. The molecule has 2 aromatic heterocycles. The van der Waals surface area contributed by atoms with Crippen molar-refractivity contribution < 1.29 is 0 Å². The zero-order valence-corrected chi connectivity index (χ0v) is 10.5. The van der Waals surface area contributed by atoms with Crippen LogP contribution >= 0.6 is 0 Å². The molecule has 6 nitrogen and oxygen atoms in total. The SMILES string of the molecule is N#CCCn1ccnc1Cc1nccn1CCC#N. The van der Waals surface area contributed by atoms with E-state index in [0.29, 0.717) is 32.4 Å². The first-order chi connectivity index (χ1) is 9.35. The monoisotopic (exact) mass is 254 g/mol. The van der Waals surface area contributed by atoms with Gasteiger partial charge >= 0.3 is 0 Å². The van der Waals surface area contributed by atoms with E-state index in [0.717, 1.165) is 11.6 Å². The van der Waals surface area contributed by atoms with Crippen molar-refractivity contribution in [1.82, 2.24) is 19.1 Å². The van der Waals surface area contributed by atoms with Crippen LogP contribution in [0.5, 0.6) is 0 Å². The maximum atomic E-state index is 8.62. The minimum atomic E-state index is 0.465. The van der Waals surface area contributed by atoms with Gasteiger partial charge in [-0.3, -0.25) is 0 Å². The molecule has 96 valence electrons. The molecule has 0 bridgehead atoms. The molecule has 0 aliphatic rings. The van der Waals surface area contributed by atoms with Gasteiger partial charge in [0.2, 0.25) is 0 Å². The molecule has 0 aliphatic heterocycles. The van der Waals surface area contributed by atoms with E-state index in [1.54, 1.807) is 12.4 Å². The molecule has 0 atom stereocenters. The van der Waals surface area contributed by atoms with Crippen LogP contribution in [0, 0.1) is 22.7 Å². The topological polar surface area (TPSA) is 83.2 Å². The number of imidazole rings is 2. The average Bonchev–Trinajstić information content (AvgIpc) is 3.04. The van der Waals surface area contributed by atoms with Crippen molar-refractivity contribution in [2.75, 3.05) is 0 Å². The Morgan fingerprint density at radius 2 is 1.37 bits per heavy atom. The first-order valence-electron chi connectivity index (χ1n) is 6.09. The smallest absolute Gasteiger partial charge is 0.116 e. The van der Waals surface area contributed by atoms with E-state index >= 15 is 0 Å². The maximum Gasteiger partial charge on any atom is 0.116 e. The van der Waals surface area contributed by atoms with Crippen LogP contribution in [-0.4, -0.2) is 19.1 Å². The molecule has 6 heteroatoms. The van der Waals surface area contributed by atoms with Crippen LogP contribution < -0.4 is 0 Å². The molecule has 0 aromatic carbocycles. The fourth-order valence-corrected chi connectivity index (χ4v) is 1.90. The summed E-state index contributed by atoms with van der Waals surface area (Å²) < 4.78 is 3.93. The van der Waals surface area contributed by atoms with Crippen LogP contribution in [0.15, 0.2) is 24.8 Å². The molecule has 2 aromatic rings. The molecular formula is C13H14N6. The van der Waals surface area contributed by atoms with Crippen LogP contribution in [-0.2, 0) is 19.5 Å². The summed E-state index contributed by atoms with van der Waals surface area (Å²) in [5.74, 6) is 1.78. The number of hydrogen-bond donors (Lipinski definition) is 0. The fourth-order valence-electron chi connectivity index (χ4n) is 1.90. The van der Waals surface area contributed by atoms with Crippen LogP contribution in [0.3, 0.4) is 0 Å². The van der Waals surface area contributed by atoms with E-state index < -0.39 is 0 Å². The van der Waals surface area contributed by atoms with Gasteiger partial charge in [0.1, 0.15) is 11.6 Å². The van der Waals surface area contributed by atoms with Crippen molar-refractivity contribution in [3.05, 3.63) is 36.4 Å². The van der Waals surface area contributed by atoms with Gasteiger partial charge in [-0.2, -0.15) is 10.5 Å². The van der Waals surface area contributed by atoms with Gasteiger partial charge in [-0.05, 0) is 0 Å². The lowest BCUT2D eigenvalue weighted by Gasteiger charge is -2.07. The number of nitriles is 2. The Kier molecular flexibility index (Phi) is 4.30. The van der Waals surface area contributed by atoms with E-state index in [-0.39, 0.29) is 0 Å². The molecule has 0 radical (unpaired) electrons. The van der Waals surface area contributed by atoms with Crippen molar-refractivity contribution in [1.29, 1.82) is 10.5 Å². The van der Waals surface area contributed by atoms with Crippen molar-refractivity contribution in [2.45, 2.75) is 32.4 Å². The molecule has 2 heterocycles. The quantitative estimate of drug-likeness (QED) is 0.782. The minimum absolute atomic E-state index is 0.465. The third-order valence-electron chi connectivity index (χ3n) is 2.85. The second kappa shape index (κ2) is 6.36. The van der Waals surface area contributed by atoms with Gasteiger partial charge in [0, 0.05) is 37.9 Å². The summed E-state index contributed by atoms with van der Waals surface area (Å²) in [7, 11) is 0. The zero-order valence-electron chi connectivity index (χ0n) is 10.5. The highest BCUT2D eigenvalue weighted by atomic mass is 15.1. The number of nitrogens with zero attached hydrogens (tertiary/aromatic N) is 6. The van der Waals surface area contributed by atoms with Crippen LogP contribution in [0.1, 0.15) is 24.5 Å². The highest BCUT2D eigenvalue weighted by Crippen LogP contribution is 2.08. The Morgan fingerprint density at radius 3 is 1.79 bits per heavy atom. The molecule has 0 unspecified atom stereocenters. The van der Waals surface area contributed by atoms with Crippen LogP contribution in [0.25, 0.3) is 0 Å². The minimum Gasteiger partial charge on any atom is -0.334 e. The Morgan fingerprint density at radius 1 is 0.895 bits per heavy atom. The number of hydrogen-bond acceptors (Lipinski definition) is 4. The highest BCUT2D eigenvalue weighted by Gasteiger charge is 2.08. The van der Waals surface area contributed by atoms with Crippen molar-refractivity contribution in [2.24, 2.45) is 0 Å². The molecule has 2 rings (SSSR count). The third kappa shape index (κ3) is 3.20. The summed E-state index contributed by atoms with van der Waals surface area (Å²) in [6, 6.07) is 4.25. The highest BCUT2D eigenvalue weighted by molar-refractivity contribution is 5.05. The number of rotatable bonds is 6. The van der Waals surface area contributed by atoms with Crippen LogP contribution in [0.2, 0.25) is 0 Å². The van der Waals surface area contributed by atoms with E-state index in [4.69, 9.17) is 10.5 Å². The molecule has 19 heavy (non-hydrogen) atoms.